The van der Waals surface area contributed by atoms with Crippen LogP contribution in [0.5, 0.6) is 11.8 Å². The lowest BCUT2D eigenvalue weighted by Crippen LogP contribution is -2.04. The van der Waals surface area contributed by atoms with Crippen molar-refractivity contribution in [2.24, 2.45) is 14.1 Å². The number of aromatic nitrogens is 4. The van der Waals surface area contributed by atoms with E-state index in [0.29, 0.717) is 22.5 Å². The van der Waals surface area contributed by atoms with Crippen LogP contribution in [0.2, 0.25) is 0 Å². The Morgan fingerprint density at radius 3 is 1.24 bits per heavy atom. The second-order valence-corrected chi connectivity index (χ2v) is 7.18. The third kappa shape index (κ3) is 5.69. The van der Waals surface area contributed by atoms with E-state index in [1.54, 1.807) is 0 Å². The van der Waals surface area contributed by atoms with Gasteiger partial charge in [0.15, 0.2) is 0 Å². The van der Waals surface area contributed by atoms with Gasteiger partial charge < -0.3 is 10.2 Å². The standard InChI is InChI=1S/2C11H9F3N2O/c2*1-16-10(17)6-9(15-16)7-3-2-4-8(5-7)11(12,13)14/h2*2-6,17H,1H3. The lowest BCUT2D eigenvalue weighted by Gasteiger charge is -2.07. The number of hydrogen-bond acceptors (Lipinski definition) is 4. The Bertz CT molecular complexity index is 1150. The molecule has 2 heterocycles. The number of benzene rings is 2. The molecule has 2 N–H and O–H groups in total. The lowest BCUT2D eigenvalue weighted by molar-refractivity contribution is -0.138. The molecule has 6 nitrogen and oxygen atoms in total. The second-order valence-electron chi connectivity index (χ2n) is 7.18. The summed E-state index contributed by atoms with van der Waals surface area (Å²) in [5.41, 5.74) is -0.237. The zero-order valence-electron chi connectivity index (χ0n) is 17.7. The summed E-state index contributed by atoms with van der Waals surface area (Å²) in [6.45, 7) is 0. The van der Waals surface area contributed by atoms with Crippen LogP contribution >= 0.6 is 0 Å². The number of rotatable bonds is 2. The highest BCUT2D eigenvalue weighted by molar-refractivity contribution is 5.62. The van der Waals surface area contributed by atoms with Gasteiger partial charge in [0.25, 0.3) is 0 Å². The van der Waals surface area contributed by atoms with Gasteiger partial charge in [0.1, 0.15) is 0 Å². The van der Waals surface area contributed by atoms with E-state index in [-0.39, 0.29) is 11.8 Å². The van der Waals surface area contributed by atoms with Gasteiger partial charge in [0.05, 0.1) is 22.5 Å². The largest absolute Gasteiger partial charge is 0.493 e. The maximum atomic E-state index is 12.5. The van der Waals surface area contributed by atoms with Gasteiger partial charge in [0.2, 0.25) is 11.8 Å². The fraction of sp³-hybridized carbons (Fsp3) is 0.182. The number of nitrogens with zero attached hydrogens (tertiary/aromatic N) is 4. The van der Waals surface area contributed by atoms with Gasteiger partial charge in [-0.3, -0.25) is 0 Å². The molecule has 0 bridgehead atoms. The fourth-order valence-electron chi connectivity index (χ4n) is 2.91. The Labute approximate surface area is 189 Å². The molecule has 0 unspecified atom stereocenters. The van der Waals surface area contributed by atoms with Crippen LogP contribution in [0.4, 0.5) is 26.3 Å². The molecule has 180 valence electrons. The molecule has 12 heteroatoms. The van der Waals surface area contributed by atoms with Crippen LogP contribution in [0.1, 0.15) is 11.1 Å². The maximum Gasteiger partial charge on any atom is 0.416 e. The number of hydrogen-bond donors (Lipinski definition) is 2. The van der Waals surface area contributed by atoms with Crippen molar-refractivity contribution >= 4 is 0 Å². The predicted molar refractivity (Wildman–Crippen MR) is 111 cm³/mol. The first-order chi connectivity index (χ1) is 15.8. The van der Waals surface area contributed by atoms with Crippen molar-refractivity contribution in [1.29, 1.82) is 0 Å². The quantitative estimate of drug-likeness (QED) is 0.362. The SMILES string of the molecule is Cn1nc(-c2cccc(C(F)(F)F)c2)cc1O.Cn1nc(-c2cccc(C(F)(F)F)c2)cc1O. The normalized spacial score (nSPS) is 11.8. The molecule has 0 aliphatic heterocycles. The zero-order valence-corrected chi connectivity index (χ0v) is 17.7. The van der Waals surface area contributed by atoms with Crippen molar-refractivity contribution in [2.75, 3.05) is 0 Å². The van der Waals surface area contributed by atoms with E-state index in [1.807, 2.05) is 0 Å². The smallest absolute Gasteiger partial charge is 0.416 e. The van der Waals surface area contributed by atoms with Gasteiger partial charge in [-0.1, -0.05) is 24.3 Å². The Morgan fingerprint density at radius 2 is 0.971 bits per heavy atom. The van der Waals surface area contributed by atoms with Crippen LogP contribution in [0.15, 0.2) is 60.7 Å². The Kier molecular flexibility index (Phi) is 6.62. The summed E-state index contributed by atoms with van der Waals surface area (Å²) in [5.74, 6) is -0.199. The van der Waals surface area contributed by atoms with Crippen molar-refractivity contribution in [1.82, 2.24) is 19.6 Å². The first-order valence-corrected chi connectivity index (χ1v) is 9.57. The summed E-state index contributed by atoms with van der Waals surface area (Å²) in [5, 5.41) is 26.4. The molecule has 0 aliphatic rings. The molecule has 2 aromatic heterocycles. The summed E-state index contributed by atoms with van der Waals surface area (Å²) < 4.78 is 77.3. The van der Waals surface area contributed by atoms with Crippen LogP contribution in [0.3, 0.4) is 0 Å². The van der Waals surface area contributed by atoms with Crippen LogP contribution in [0, 0.1) is 0 Å². The van der Waals surface area contributed by atoms with Gasteiger partial charge in [-0.05, 0) is 24.3 Å². The minimum atomic E-state index is -4.38. The molecular weight excluding hydrogens is 466 g/mol. The molecule has 0 aliphatic carbocycles. The Hall–Kier alpha value is -3.96. The Morgan fingerprint density at radius 1 is 0.618 bits per heavy atom. The van der Waals surface area contributed by atoms with Crippen LogP contribution in [0.25, 0.3) is 22.5 Å². The molecule has 0 saturated heterocycles. The first kappa shape index (κ1) is 24.7. The summed E-state index contributed by atoms with van der Waals surface area (Å²) in [6.07, 6.45) is -8.76. The van der Waals surface area contributed by atoms with E-state index in [1.165, 1.54) is 59.9 Å². The number of halogens is 6. The van der Waals surface area contributed by atoms with E-state index < -0.39 is 23.5 Å². The lowest BCUT2D eigenvalue weighted by atomic mass is 10.1. The maximum absolute atomic E-state index is 12.5. The van der Waals surface area contributed by atoms with E-state index in [2.05, 4.69) is 10.2 Å². The average molecular weight is 484 g/mol. The van der Waals surface area contributed by atoms with Crippen molar-refractivity contribution in [2.45, 2.75) is 12.4 Å². The van der Waals surface area contributed by atoms with E-state index in [4.69, 9.17) is 0 Å². The molecule has 0 radical (unpaired) electrons. The summed E-state index contributed by atoms with van der Waals surface area (Å²) in [4.78, 5) is 0. The molecule has 4 rings (SSSR count). The highest BCUT2D eigenvalue weighted by Gasteiger charge is 2.31. The third-order valence-corrected chi connectivity index (χ3v) is 4.68. The van der Waals surface area contributed by atoms with Gasteiger partial charge >= 0.3 is 12.4 Å². The molecular formula is C22H18F6N4O2. The highest BCUT2D eigenvalue weighted by atomic mass is 19.4. The molecule has 2 aromatic carbocycles. The summed E-state index contributed by atoms with van der Waals surface area (Å²) in [6, 6.07) is 12.3. The van der Waals surface area contributed by atoms with E-state index in [0.717, 1.165) is 24.3 Å². The third-order valence-electron chi connectivity index (χ3n) is 4.68. The summed E-state index contributed by atoms with van der Waals surface area (Å²) in [7, 11) is 3.01. The minimum absolute atomic E-state index is 0.0996. The van der Waals surface area contributed by atoms with E-state index in [9.17, 15) is 36.6 Å². The van der Waals surface area contributed by atoms with Gasteiger partial charge in [0, 0.05) is 37.4 Å². The van der Waals surface area contributed by atoms with Gasteiger partial charge in [-0.25, -0.2) is 9.36 Å². The average Bonchev–Trinajstić information content (AvgIpc) is 3.28. The molecule has 0 saturated carbocycles. The predicted octanol–water partition coefficient (Wildman–Crippen LogP) is 5.62. The first-order valence-electron chi connectivity index (χ1n) is 9.57. The van der Waals surface area contributed by atoms with Crippen molar-refractivity contribution < 1.29 is 36.6 Å². The number of aromatic hydroxyl groups is 2. The molecule has 0 atom stereocenters. The highest BCUT2D eigenvalue weighted by Crippen LogP contribution is 2.33. The summed E-state index contributed by atoms with van der Waals surface area (Å²) >= 11 is 0. The number of aryl methyl sites for hydroxylation is 2. The van der Waals surface area contributed by atoms with Crippen molar-refractivity contribution in [3.8, 4) is 34.3 Å². The van der Waals surface area contributed by atoms with E-state index >= 15 is 0 Å². The van der Waals surface area contributed by atoms with Crippen LogP contribution < -0.4 is 0 Å². The fourth-order valence-corrected chi connectivity index (χ4v) is 2.91. The topological polar surface area (TPSA) is 76.1 Å². The van der Waals surface area contributed by atoms with Crippen LogP contribution in [-0.2, 0) is 26.4 Å². The molecule has 0 fully saturated rings. The Balaban J connectivity index is 0.000000191. The molecule has 34 heavy (non-hydrogen) atoms. The zero-order chi connectivity index (χ0) is 25.3. The number of alkyl halides is 6. The monoisotopic (exact) mass is 484 g/mol. The molecule has 0 amide bonds. The van der Waals surface area contributed by atoms with Crippen molar-refractivity contribution in [3.63, 3.8) is 0 Å². The molecule has 0 spiro atoms. The van der Waals surface area contributed by atoms with Crippen LogP contribution in [-0.4, -0.2) is 29.8 Å². The minimum Gasteiger partial charge on any atom is -0.493 e. The second kappa shape index (κ2) is 9.12. The van der Waals surface area contributed by atoms with Gasteiger partial charge in [-0.2, -0.15) is 36.5 Å². The molecule has 4 aromatic rings. The van der Waals surface area contributed by atoms with Gasteiger partial charge in [-0.15, -0.1) is 0 Å². The van der Waals surface area contributed by atoms with Crippen molar-refractivity contribution in [3.05, 3.63) is 71.8 Å².